The fraction of sp³-hybridized carbons (Fsp3) is 0.667. The van der Waals surface area contributed by atoms with E-state index >= 15 is 0 Å². The first kappa shape index (κ1) is 15.5. The number of nitrogens with one attached hydrogen (secondary N) is 1. The van der Waals surface area contributed by atoms with Crippen LogP contribution in [-0.4, -0.2) is 29.0 Å². The lowest BCUT2D eigenvalue weighted by Crippen LogP contribution is -2.37. The zero-order valence-electron chi connectivity index (χ0n) is 12.8. The highest BCUT2D eigenvalue weighted by atomic mass is 16.6. The summed E-state index contributed by atoms with van der Waals surface area (Å²) in [6.45, 7) is 5.56. The van der Waals surface area contributed by atoms with Gasteiger partial charge in [-0.2, -0.15) is 0 Å². The molecule has 1 fully saturated rings. The Hall–Kier alpha value is -1.85. The summed E-state index contributed by atoms with van der Waals surface area (Å²) >= 11 is 0. The van der Waals surface area contributed by atoms with E-state index in [0.29, 0.717) is 18.4 Å². The highest BCUT2D eigenvalue weighted by Crippen LogP contribution is 2.29. The second kappa shape index (κ2) is 7.24. The monoisotopic (exact) mass is 292 g/mol. The molecule has 0 spiro atoms. The van der Waals surface area contributed by atoms with E-state index in [2.05, 4.69) is 22.1 Å². The van der Waals surface area contributed by atoms with Crippen molar-refractivity contribution in [1.29, 1.82) is 0 Å². The molecule has 1 aliphatic rings. The van der Waals surface area contributed by atoms with E-state index in [0.717, 1.165) is 25.2 Å². The minimum Gasteiger partial charge on any atom is -0.370 e. The van der Waals surface area contributed by atoms with Crippen LogP contribution in [0.4, 0.5) is 17.3 Å². The predicted molar refractivity (Wildman–Crippen MR) is 84.9 cm³/mol. The smallest absolute Gasteiger partial charge is 0.276 e. The molecule has 1 aromatic rings. The van der Waals surface area contributed by atoms with Gasteiger partial charge in [0.25, 0.3) is 5.69 Å². The number of hydrogen-bond donors (Lipinski definition) is 1. The van der Waals surface area contributed by atoms with Crippen LogP contribution in [0.5, 0.6) is 0 Å². The molecule has 21 heavy (non-hydrogen) atoms. The first-order chi connectivity index (χ1) is 10.2. The maximum Gasteiger partial charge on any atom is 0.276 e. The molecule has 0 aliphatic heterocycles. The van der Waals surface area contributed by atoms with Crippen molar-refractivity contribution in [2.24, 2.45) is 0 Å². The molecule has 116 valence electrons. The summed E-state index contributed by atoms with van der Waals surface area (Å²) in [7, 11) is 0. The van der Waals surface area contributed by atoms with Gasteiger partial charge in [0.1, 0.15) is 11.6 Å². The third-order valence-electron chi connectivity index (χ3n) is 4.02. The van der Waals surface area contributed by atoms with Crippen LogP contribution < -0.4 is 10.2 Å². The molecule has 1 N–H and O–H groups in total. The molecule has 6 heteroatoms. The topological polar surface area (TPSA) is 71.3 Å². The minimum atomic E-state index is -0.346. The van der Waals surface area contributed by atoms with Crippen LogP contribution in [-0.2, 0) is 0 Å². The number of hydrogen-bond acceptors (Lipinski definition) is 5. The van der Waals surface area contributed by atoms with Gasteiger partial charge in [0, 0.05) is 19.1 Å². The zero-order chi connectivity index (χ0) is 15.2. The maximum absolute atomic E-state index is 11.1. The van der Waals surface area contributed by atoms with Crippen molar-refractivity contribution in [3.05, 3.63) is 22.2 Å². The van der Waals surface area contributed by atoms with Gasteiger partial charge >= 0.3 is 0 Å². The van der Waals surface area contributed by atoms with Gasteiger partial charge in [-0.05, 0) is 26.7 Å². The molecule has 1 heterocycles. The van der Waals surface area contributed by atoms with Gasteiger partial charge in [-0.3, -0.25) is 10.1 Å². The maximum atomic E-state index is 11.1. The van der Waals surface area contributed by atoms with Crippen molar-refractivity contribution in [3.8, 4) is 0 Å². The van der Waals surface area contributed by atoms with Gasteiger partial charge < -0.3 is 10.2 Å². The van der Waals surface area contributed by atoms with Crippen LogP contribution in [0.3, 0.4) is 0 Å². The normalized spacial score (nSPS) is 15.7. The molecule has 1 aliphatic carbocycles. The van der Waals surface area contributed by atoms with Crippen molar-refractivity contribution in [3.63, 3.8) is 0 Å². The summed E-state index contributed by atoms with van der Waals surface area (Å²) in [5.74, 6) is 1.30. The molecule has 0 bridgehead atoms. The number of nitro groups is 1. The summed E-state index contributed by atoms with van der Waals surface area (Å²) in [4.78, 5) is 17.6. The van der Waals surface area contributed by atoms with E-state index in [9.17, 15) is 10.1 Å². The molecule has 1 saturated carbocycles. The van der Waals surface area contributed by atoms with Crippen LogP contribution in [0.1, 0.15) is 46.0 Å². The fourth-order valence-corrected chi connectivity index (χ4v) is 3.03. The van der Waals surface area contributed by atoms with Gasteiger partial charge in [-0.25, -0.2) is 4.98 Å². The van der Waals surface area contributed by atoms with Gasteiger partial charge in [0.2, 0.25) is 0 Å². The Kier molecular flexibility index (Phi) is 5.36. The number of nitrogens with zero attached hydrogens (tertiary/aromatic N) is 3. The lowest BCUT2D eigenvalue weighted by Gasteiger charge is -2.34. The molecular weight excluding hydrogens is 268 g/mol. The zero-order valence-corrected chi connectivity index (χ0v) is 12.8. The second-order valence-electron chi connectivity index (χ2n) is 5.43. The number of pyridine rings is 1. The summed E-state index contributed by atoms with van der Waals surface area (Å²) in [6, 6.07) is 3.55. The number of anilines is 2. The van der Waals surface area contributed by atoms with Crippen molar-refractivity contribution >= 4 is 17.3 Å². The largest absolute Gasteiger partial charge is 0.370 e. The third kappa shape index (κ3) is 3.83. The average Bonchev–Trinajstić information content (AvgIpc) is 2.49. The molecule has 2 rings (SSSR count). The van der Waals surface area contributed by atoms with Crippen LogP contribution in [0, 0.1) is 10.1 Å². The minimum absolute atomic E-state index is 0.102. The van der Waals surface area contributed by atoms with Crippen molar-refractivity contribution in [1.82, 2.24) is 4.98 Å². The first-order valence-corrected chi connectivity index (χ1v) is 7.82. The molecule has 0 radical (unpaired) electrons. The van der Waals surface area contributed by atoms with Crippen LogP contribution in [0.15, 0.2) is 12.1 Å². The van der Waals surface area contributed by atoms with Gasteiger partial charge in [0.05, 0.1) is 17.1 Å². The lowest BCUT2D eigenvalue weighted by atomic mass is 9.94. The molecular formula is C15H24N4O2. The Balaban J connectivity index is 2.31. The van der Waals surface area contributed by atoms with E-state index in [4.69, 9.17) is 0 Å². The Morgan fingerprint density at radius 1 is 1.33 bits per heavy atom. The van der Waals surface area contributed by atoms with Crippen molar-refractivity contribution < 1.29 is 4.92 Å². The van der Waals surface area contributed by atoms with Crippen molar-refractivity contribution in [2.45, 2.75) is 52.0 Å². The second-order valence-corrected chi connectivity index (χ2v) is 5.43. The molecule has 0 saturated heterocycles. The lowest BCUT2D eigenvalue weighted by molar-refractivity contribution is -0.384. The number of aromatic nitrogens is 1. The van der Waals surface area contributed by atoms with Crippen molar-refractivity contribution in [2.75, 3.05) is 23.3 Å². The van der Waals surface area contributed by atoms with E-state index in [1.165, 1.54) is 25.3 Å². The third-order valence-corrected chi connectivity index (χ3v) is 4.02. The molecule has 0 unspecified atom stereocenters. The van der Waals surface area contributed by atoms with Gasteiger partial charge in [-0.15, -0.1) is 0 Å². The SMILES string of the molecule is CCNc1cc([N+](=O)[O-])cc(N(CC)C2CCCCC2)n1. The van der Waals surface area contributed by atoms with Gasteiger partial charge in [-0.1, -0.05) is 19.3 Å². The quantitative estimate of drug-likeness (QED) is 0.641. The summed E-state index contributed by atoms with van der Waals surface area (Å²) in [5.41, 5.74) is 0.102. The Morgan fingerprint density at radius 2 is 2.05 bits per heavy atom. The van der Waals surface area contributed by atoms with Crippen LogP contribution in [0.2, 0.25) is 0 Å². The highest BCUT2D eigenvalue weighted by molar-refractivity contribution is 5.56. The van der Waals surface area contributed by atoms with Crippen LogP contribution >= 0.6 is 0 Å². The first-order valence-electron chi connectivity index (χ1n) is 7.82. The predicted octanol–water partition coefficient (Wildman–Crippen LogP) is 3.58. The average molecular weight is 292 g/mol. The van der Waals surface area contributed by atoms with Crippen LogP contribution in [0.25, 0.3) is 0 Å². The summed E-state index contributed by atoms with van der Waals surface area (Å²) in [5, 5.41) is 14.2. The van der Waals surface area contributed by atoms with Gasteiger partial charge in [0.15, 0.2) is 0 Å². The standard InChI is InChI=1S/C15H24N4O2/c1-3-16-14-10-13(19(20)21)11-15(17-14)18(4-2)12-8-6-5-7-9-12/h10-12H,3-9H2,1-2H3,(H,16,17). The highest BCUT2D eigenvalue weighted by Gasteiger charge is 2.23. The van der Waals surface area contributed by atoms with E-state index in [1.54, 1.807) is 6.07 Å². The summed E-state index contributed by atoms with van der Waals surface area (Å²) in [6.07, 6.45) is 6.05. The molecule has 6 nitrogen and oxygen atoms in total. The molecule has 0 atom stereocenters. The Morgan fingerprint density at radius 3 is 2.62 bits per heavy atom. The van der Waals surface area contributed by atoms with E-state index < -0.39 is 0 Å². The Labute approximate surface area is 125 Å². The number of rotatable bonds is 6. The summed E-state index contributed by atoms with van der Waals surface area (Å²) < 4.78 is 0. The molecule has 1 aromatic heterocycles. The molecule has 0 amide bonds. The fourth-order valence-electron chi connectivity index (χ4n) is 3.03. The van der Waals surface area contributed by atoms with E-state index in [-0.39, 0.29) is 10.6 Å². The van der Waals surface area contributed by atoms with E-state index in [1.807, 2.05) is 6.92 Å². The molecule has 0 aromatic carbocycles. The Bertz CT molecular complexity index is 487.